The van der Waals surface area contributed by atoms with E-state index in [1.165, 1.54) is 25.0 Å². The highest BCUT2D eigenvalue weighted by Crippen LogP contribution is 2.37. The number of nitrogens with one attached hydrogen (secondary N) is 1. The number of fused-ring (bicyclic) bond motifs is 1. The van der Waals surface area contributed by atoms with Crippen molar-refractivity contribution in [3.8, 4) is 6.07 Å². The zero-order valence-electron chi connectivity index (χ0n) is 21.3. The molecular weight excluding hydrogens is 525 g/mol. The number of hydrogen-bond acceptors (Lipinski definition) is 7. The molecule has 1 aromatic carbocycles. The third-order valence-electron chi connectivity index (χ3n) is 7.73. The molecule has 3 heterocycles. The smallest absolute Gasteiger partial charge is 0.190 e. The van der Waals surface area contributed by atoms with Gasteiger partial charge in [-0.25, -0.2) is 14.6 Å². The Morgan fingerprint density at radius 1 is 1.32 bits per heavy atom. The molecule has 0 amide bonds. The number of benzene rings is 1. The Balaban J connectivity index is 1.45. The zero-order valence-corrected chi connectivity index (χ0v) is 23.6. The van der Waals surface area contributed by atoms with Crippen molar-refractivity contribution >= 4 is 51.9 Å². The third-order valence-corrected chi connectivity index (χ3v) is 8.75. The van der Waals surface area contributed by atoms with Gasteiger partial charge in [-0.15, -0.1) is 0 Å². The Hall–Kier alpha value is -2.15. The number of halogens is 2. The van der Waals surface area contributed by atoms with Crippen molar-refractivity contribution < 1.29 is 0 Å². The lowest BCUT2D eigenvalue weighted by molar-refractivity contribution is 0.134. The molecule has 1 fully saturated rings. The van der Waals surface area contributed by atoms with E-state index in [0.29, 0.717) is 39.2 Å². The van der Waals surface area contributed by atoms with Crippen LogP contribution < -0.4 is 4.72 Å². The third kappa shape index (κ3) is 5.25. The summed E-state index contributed by atoms with van der Waals surface area (Å²) in [5.74, 6) is 0.513. The highest BCUT2D eigenvalue weighted by molar-refractivity contribution is 7.96. The van der Waals surface area contributed by atoms with Crippen LogP contribution in [0, 0.1) is 17.2 Å². The average molecular weight is 557 g/mol. The van der Waals surface area contributed by atoms with Crippen LogP contribution in [-0.2, 0) is 0 Å². The first-order valence-electron chi connectivity index (χ1n) is 12.7. The molecule has 4 atom stereocenters. The van der Waals surface area contributed by atoms with E-state index >= 15 is 0 Å². The van der Waals surface area contributed by atoms with Gasteiger partial charge in [0, 0.05) is 28.7 Å². The Morgan fingerprint density at radius 2 is 2.16 bits per heavy atom. The van der Waals surface area contributed by atoms with Crippen molar-refractivity contribution in [2.24, 2.45) is 5.92 Å². The van der Waals surface area contributed by atoms with E-state index in [-0.39, 0.29) is 11.7 Å². The topological polar surface area (TPSA) is 82.7 Å². The number of rotatable bonds is 7. The minimum Gasteiger partial charge on any atom is -0.296 e. The van der Waals surface area contributed by atoms with Crippen LogP contribution in [0.5, 0.6) is 0 Å². The van der Waals surface area contributed by atoms with Crippen LogP contribution >= 0.6 is 35.1 Å². The van der Waals surface area contributed by atoms with Crippen molar-refractivity contribution in [3.63, 3.8) is 0 Å². The largest absolute Gasteiger partial charge is 0.296 e. The van der Waals surface area contributed by atoms with Crippen LogP contribution in [0.2, 0.25) is 10.0 Å². The normalized spacial score (nSPS) is 23.2. The molecule has 1 saturated heterocycles. The first-order chi connectivity index (χ1) is 17.9. The maximum atomic E-state index is 9.69. The molecule has 0 saturated carbocycles. The van der Waals surface area contributed by atoms with Crippen molar-refractivity contribution in [2.75, 3.05) is 19.3 Å². The van der Waals surface area contributed by atoms with Crippen LogP contribution in [0.4, 0.5) is 0 Å². The number of nitriles is 1. The van der Waals surface area contributed by atoms with Gasteiger partial charge in [0.2, 0.25) is 0 Å². The molecule has 10 heteroatoms. The molecule has 0 bridgehead atoms. The molecule has 3 aromatic rings. The predicted molar refractivity (Wildman–Crippen MR) is 152 cm³/mol. The summed E-state index contributed by atoms with van der Waals surface area (Å²) in [7, 11) is 0. The number of allylic oxidation sites excluding steroid dienone is 1. The molecule has 1 aliphatic heterocycles. The summed E-state index contributed by atoms with van der Waals surface area (Å²) < 4.78 is 5.21. The molecule has 1 aliphatic carbocycles. The molecular formula is C27H31Cl2N7S. The first-order valence-corrected chi connectivity index (χ1v) is 14.7. The Bertz CT molecular complexity index is 1360. The summed E-state index contributed by atoms with van der Waals surface area (Å²) in [5.41, 5.74) is 4.27. The van der Waals surface area contributed by atoms with E-state index in [0.717, 1.165) is 30.6 Å². The molecule has 2 unspecified atom stereocenters. The van der Waals surface area contributed by atoms with Gasteiger partial charge in [-0.1, -0.05) is 54.2 Å². The van der Waals surface area contributed by atoms with Gasteiger partial charge in [-0.05, 0) is 74.6 Å². The van der Waals surface area contributed by atoms with Crippen molar-refractivity contribution in [1.29, 1.82) is 5.26 Å². The van der Waals surface area contributed by atoms with Crippen molar-refractivity contribution in [1.82, 2.24) is 29.4 Å². The molecule has 194 valence electrons. The molecule has 2 aromatic heterocycles. The summed E-state index contributed by atoms with van der Waals surface area (Å²) >= 11 is 14.3. The van der Waals surface area contributed by atoms with Crippen molar-refractivity contribution in [3.05, 3.63) is 57.5 Å². The average Bonchev–Trinajstić information content (AvgIpc) is 3.51. The van der Waals surface area contributed by atoms with E-state index in [1.54, 1.807) is 35.0 Å². The molecule has 0 spiro atoms. The summed E-state index contributed by atoms with van der Waals surface area (Å²) in [4.78, 5) is 12.4. The zero-order chi connectivity index (χ0) is 26.1. The molecule has 1 N–H and O–H groups in total. The molecule has 0 radical (unpaired) electrons. The highest BCUT2D eigenvalue weighted by atomic mass is 35.5. The van der Waals surface area contributed by atoms with Gasteiger partial charge in [-0.2, -0.15) is 10.4 Å². The summed E-state index contributed by atoms with van der Waals surface area (Å²) in [5, 5.41) is 15.4. The molecule has 37 heavy (non-hydrogen) atoms. The Morgan fingerprint density at radius 3 is 2.89 bits per heavy atom. The molecule has 7 nitrogen and oxygen atoms in total. The van der Waals surface area contributed by atoms with Gasteiger partial charge < -0.3 is 0 Å². The second-order valence-electron chi connectivity index (χ2n) is 9.97. The van der Waals surface area contributed by atoms with Gasteiger partial charge in [-0.3, -0.25) is 9.62 Å². The van der Waals surface area contributed by atoms with Gasteiger partial charge in [0.1, 0.15) is 11.6 Å². The fraction of sp³-hybridized carbons (Fsp3) is 0.481. The fourth-order valence-electron chi connectivity index (χ4n) is 5.81. The van der Waals surface area contributed by atoms with Gasteiger partial charge in [0.05, 0.1) is 17.9 Å². The van der Waals surface area contributed by atoms with E-state index in [1.807, 2.05) is 13.0 Å². The van der Waals surface area contributed by atoms with Crippen LogP contribution in [0.3, 0.4) is 0 Å². The van der Waals surface area contributed by atoms with Crippen LogP contribution in [0.25, 0.3) is 16.7 Å². The quantitative estimate of drug-likeness (QED) is 0.351. The second-order valence-corrected chi connectivity index (χ2v) is 11.5. The summed E-state index contributed by atoms with van der Waals surface area (Å²) in [6, 6.07) is 8.48. The SMILES string of the molecule is CSNC[C@@H]1CCCN1[C@H]1CC=C(c2cnc3c(C#N)nn(C(C)c4ccc(Cl)cc4Cl)c3n2)CC1C. The predicted octanol–water partition coefficient (Wildman–Crippen LogP) is 6.13. The standard InChI is InChI=1S/C27H31Cl2N7S/c1-16-11-18(6-9-25(16)35-10-4-5-20(35)14-32-37-3)24-15-31-26-23(13-30)34-36(27(26)33-24)17(2)21-8-7-19(28)12-22(21)29/h6-8,12,15-17,20,25,32H,4-5,9-11,14H2,1-3H3/t16?,17?,20-,25-/m0/s1. The van der Waals surface area contributed by atoms with E-state index < -0.39 is 0 Å². The van der Waals surface area contributed by atoms with E-state index in [9.17, 15) is 5.26 Å². The first kappa shape index (κ1) is 26.5. The highest BCUT2D eigenvalue weighted by Gasteiger charge is 2.35. The molecule has 2 aliphatic rings. The van der Waals surface area contributed by atoms with E-state index in [2.05, 4.69) is 45.0 Å². The monoisotopic (exact) mass is 555 g/mol. The van der Waals surface area contributed by atoms with E-state index in [4.69, 9.17) is 28.2 Å². The maximum absolute atomic E-state index is 9.69. The second kappa shape index (κ2) is 11.3. The fourth-order valence-corrected chi connectivity index (χ4v) is 6.73. The maximum Gasteiger partial charge on any atom is 0.190 e. The van der Waals surface area contributed by atoms with Crippen LogP contribution in [-0.4, -0.2) is 56.1 Å². The van der Waals surface area contributed by atoms with Crippen LogP contribution in [0.1, 0.15) is 62.5 Å². The lowest BCUT2D eigenvalue weighted by Gasteiger charge is -2.39. The minimum absolute atomic E-state index is 0.246. The van der Waals surface area contributed by atoms with Gasteiger partial charge in [0.15, 0.2) is 11.3 Å². The Labute approximate surface area is 232 Å². The number of likely N-dealkylation sites (tertiary alicyclic amines) is 1. The lowest BCUT2D eigenvalue weighted by atomic mass is 9.83. The number of nitrogens with zero attached hydrogens (tertiary/aromatic N) is 6. The molecule has 5 rings (SSSR count). The number of hydrogen-bond donors (Lipinski definition) is 1. The summed E-state index contributed by atoms with van der Waals surface area (Å²) in [6.45, 7) is 6.54. The summed E-state index contributed by atoms with van der Waals surface area (Å²) in [6.07, 6.45) is 10.7. The van der Waals surface area contributed by atoms with Crippen LogP contribution in [0.15, 0.2) is 30.5 Å². The lowest BCUT2D eigenvalue weighted by Crippen LogP contribution is -2.46. The number of aromatic nitrogens is 4. The minimum atomic E-state index is -0.246. The van der Waals surface area contributed by atoms with Gasteiger partial charge in [0.25, 0.3) is 0 Å². The van der Waals surface area contributed by atoms with Gasteiger partial charge >= 0.3 is 0 Å². The Kier molecular flexibility index (Phi) is 8.08. The van der Waals surface area contributed by atoms with Crippen molar-refractivity contribution in [2.45, 2.75) is 57.7 Å².